The third-order valence-electron chi connectivity index (χ3n) is 3.31. The largest absolute Gasteiger partial charge is 0.383 e. The highest BCUT2D eigenvalue weighted by atomic mass is 16.6. The van der Waals surface area contributed by atoms with E-state index in [0.29, 0.717) is 6.54 Å². The molecule has 0 bridgehead atoms. The summed E-state index contributed by atoms with van der Waals surface area (Å²) in [5.74, 6) is 0. The van der Waals surface area contributed by atoms with Crippen LogP contribution in [0, 0.1) is 10.1 Å². The second-order valence-corrected chi connectivity index (χ2v) is 5.11. The van der Waals surface area contributed by atoms with Gasteiger partial charge in [-0.3, -0.25) is 14.8 Å². The lowest BCUT2D eigenvalue weighted by Crippen LogP contribution is -2.26. The molecule has 1 N–H and O–H groups in total. The number of hydrogen-bond acceptors (Lipinski definition) is 5. The van der Waals surface area contributed by atoms with E-state index in [1.54, 1.807) is 16.8 Å². The molecule has 1 aromatic heterocycles. The molecule has 1 heterocycles. The van der Waals surface area contributed by atoms with Gasteiger partial charge in [-0.15, -0.1) is 0 Å². The fraction of sp³-hybridized carbons (Fsp3) is 0.357. The molecule has 2 rings (SSSR count). The molecule has 112 valence electrons. The van der Waals surface area contributed by atoms with E-state index in [-0.39, 0.29) is 11.7 Å². The standard InChI is InChI=1S/C14H19N5O2/c1-17(2)14(11-8-16-18(3)10-11)9-15-12-4-6-13(7-5-12)19(20)21/h4-8,10,14-15H,9H2,1-3H3. The van der Waals surface area contributed by atoms with Crippen LogP contribution in [0.5, 0.6) is 0 Å². The van der Waals surface area contributed by atoms with Crippen molar-refractivity contribution >= 4 is 11.4 Å². The number of nitrogens with zero attached hydrogens (tertiary/aromatic N) is 4. The lowest BCUT2D eigenvalue weighted by atomic mass is 10.1. The van der Waals surface area contributed by atoms with Crippen molar-refractivity contribution in [2.24, 2.45) is 7.05 Å². The molecule has 7 nitrogen and oxygen atoms in total. The van der Waals surface area contributed by atoms with Gasteiger partial charge in [-0.25, -0.2) is 0 Å². The molecular formula is C14H19N5O2. The van der Waals surface area contributed by atoms with Gasteiger partial charge < -0.3 is 10.2 Å². The maximum atomic E-state index is 10.6. The third kappa shape index (κ3) is 3.79. The minimum absolute atomic E-state index is 0.0944. The molecule has 0 aliphatic rings. The minimum atomic E-state index is -0.401. The normalized spacial score (nSPS) is 12.4. The van der Waals surface area contributed by atoms with Gasteiger partial charge >= 0.3 is 0 Å². The number of hydrogen-bond donors (Lipinski definition) is 1. The van der Waals surface area contributed by atoms with Gasteiger partial charge in [0.2, 0.25) is 0 Å². The van der Waals surface area contributed by atoms with E-state index >= 15 is 0 Å². The average molecular weight is 289 g/mol. The van der Waals surface area contributed by atoms with Crippen molar-refractivity contribution in [1.29, 1.82) is 0 Å². The second kappa shape index (κ2) is 6.36. The molecule has 7 heteroatoms. The fourth-order valence-electron chi connectivity index (χ4n) is 2.13. The van der Waals surface area contributed by atoms with Gasteiger partial charge in [0.25, 0.3) is 5.69 Å². The van der Waals surface area contributed by atoms with Crippen LogP contribution in [0.3, 0.4) is 0 Å². The Bertz CT molecular complexity index is 606. The van der Waals surface area contributed by atoms with Crippen molar-refractivity contribution in [1.82, 2.24) is 14.7 Å². The number of non-ortho nitro benzene ring substituents is 1. The molecule has 0 spiro atoms. The molecule has 0 amide bonds. The van der Waals surface area contributed by atoms with Crippen molar-refractivity contribution in [3.8, 4) is 0 Å². The zero-order valence-electron chi connectivity index (χ0n) is 12.4. The smallest absolute Gasteiger partial charge is 0.269 e. The summed E-state index contributed by atoms with van der Waals surface area (Å²) in [4.78, 5) is 12.3. The Labute approximate surface area is 123 Å². The van der Waals surface area contributed by atoms with E-state index in [1.165, 1.54) is 12.1 Å². The maximum Gasteiger partial charge on any atom is 0.269 e. The van der Waals surface area contributed by atoms with Crippen LogP contribution < -0.4 is 5.32 Å². The molecule has 2 aromatic rings. The first kappa shape index (κ1) is 15.0. The monoisotopic (exact) mass is 289 g/mol. The van der Waals surface area contributed by atoms with Crippen LogP contribution in [-0.4, -0.2) is 40.2 Å². The first-order chi connectivity index (χ1) is 9.97. The topological polar surface area (TPSA) is 76.2 Å². The zero-order chi connectivity index (χ0) is 15.4. The highest BCUT2D eigenvalue weighted by Gasteiger charge is 2.15. The van der Waals surface area contributed by atoms with Gasteiger partial charge in [-0.2, -0.15) is 5.10 Å². The average Bonchev–Trinajstić information content (AvgIpc) is 2.85. The molecule has 0 aliphatic heterocycles. The Kier molecular flexibility index (Phi) is 4.54. The predicted molar refractivity (Wildman–Crippen MR) is 81.2 cm³/mol. The van der Waals surface area contributed by atoms with Gasteiger partial charge in [0.05, 0.1) is 17.2 Å². The van der Waals surface area contributed by atoms with Gasteiger partial charge in [0.1, 0.15) is 0 Å². The van der Waals surface area contributed by atoms with Crippen molar-refractivity contribution in [2.45, 2.75) is 6.04 Å². The molecule has 0 radical (unpaired) electrons. The molecular weight excluding hydrogens is 270 g/mol. The number of aromatic nitrogens is 2. The van der Waals surface area contributed by atoms with Crippen LogP contribution in [0.2, 0.25) is 0 Å². The van der Waals surface area contributed by atoms with E-state index in [0.717, 1.165) is 11.3 Å². The molecule has 21 heavy (non-hydrogen) atoms. The summed E-state index contributed by atoms with van der Waals surface area (Å²) in [6, 6.07) is 6.60. The van der Waals surface area contributed by atoms with Crippen LogP contribution in [0.1, 0.15) is 11.6 Å². The molecule has 1 aromatic carbocycles. The maximum absolute atomic E-state index is 10.6. The van der Waals surface area contributed by atoms with Gasteiger partial charge in [-0.1, -0.05) is 0 Å². The highest BCUT2D eigenvalue weighted by Crippen LogP contribution is 2.20. The van der Waals surface area contributed by atoms with Crippen LogP contribution in [0.25, 0.3) is 0 Å². The highest BCUT2D eigenvalue weighted by molar-refractivity contribution is 5.48. The third-order valence-corrected chi connectivity index (χ3v) is 3.31. The lowest BCUT2D eigenvalue weighted by Gasteiger charge is -2.24. The summed E-state index contributed by atoms with van der Waals surface area (Å²) in [5, 5.41) is 18.1. The molecule has 0 fully saturated rings. The lowest BCUT2D eigenvalue weighted by molar-refractivity contribution is -0.384. The molecule has 1 atom stereocenters. The molecule has 0 saturated carbocycles. The Balaban J connectivity index is 2.03. The number of benzene rings is 1. The fourth-order valence-corrected chi connectivity index (χ4v) is 2.13. The number of nitrogens with one attached hydrogen (secondary N) is 1. The first-order valence-electron chi connectivity index (χ1n) is 6.60. The van der Waals surface area contributed by atoms with Gasteiger partial charge in [0.15, 0.2) is 0 Å². The van der Waals surface area contributed by atoms with Crippen LogP contribution >= 0.6 is 0 Å². The van der Waals surface area contributed by atoms with E-state index in [2.05, 4.69) is 15.3 Å². The van der Waals surface area contributed by atoms with Gasteiger partial charge in [0, 0.05) is 43.2 Å². The first-order valence-corrected chi connectivity index (χ1v) is 6.60. The molecule has 0 aliphatic carbocycles. The summed E-state index contributed by atoms with van der Waals surface area (Å²) in [5.41, 5.74) is 2.07. The number of likely N-dealkylation sites (N-methyl/N-ethyl adjacent to an activating group) is 1. The van der Waals surface area contributed by atoms with Crippen LogP contribution in [0.4, 0.5) is 11.4 Å². The number of nitro groups is 1. The summed E-state index contributed by atoms with van der Waals surface area (Å²) >= 11 is 0. The van der Waals surface area contributed by atoms with E-state index in [1.807, 2.05) is 33.5 Å². The Hall–Kier alpha value is -2.41. The van der Waals surface area contributed by atoms with Crippen LogP contribution in [0.15, 0.2) is 36.7 Å². The van der Waals surface area contributed by atoms with Crippen molar-refractivity contribution in [2.75, 3.05) is 26.0 Å². The van der Waals surface area contributed by atoms with E-state index in [4.69, 9.17) is 0 Å². The summed E-state index contributed by atoms with van der Waals surface area (Å²) in [6.07, 6.45) is 3.84. The molecule has 1 unspecified atom stereocenters. The van der Waals surface area contributed by atoms with E-state index in [9.17, 15) is 10.1 Å². The van der Waals surface area contributed by atoms with Crippen LogP contribution in [-0.2, 0) is 7.05 Å². The summed E-state index contributed by atoms with van der Waals surface area (Å²) < 4.78 is 1.78. The Morgan fingerprint density at radius 1 is 1.38 bits per heavy atom. The van der Waals surface area contributed by atoms with Gasteiger partial charge in [-0.05, 0) is 26.2 Å². The second-order valence-electron chi connectivity index (χ2n) is 5.11. The quantitative estimate of drug-likeness (QED) is 0.650. The summed E-state index contributed by atoms with van der Waals surface area (Å²) in [7, 11) is 5.91. The minimum Gasteiger partial charge on any atom is -0.383 e. The number of aryl methyl sites for hydroxylation is 1. The van der Waals surface area contributed by atoms with Crippen molar-refractivity contribution in [3.05, 3.63) is 52.3 Å². The number of nitro benzene ring substituents is 1. The SMILES string of the molecule is CN(C)C(CNc1ccc([N+](=O)[O-])cc1)c1cnn(C)c1. The van der Waals surface area contributed by atoms with Crippen molar-refractivity contribution < 1.29 is 4.92 Å². The van der Waals surface area contributed by atoms with Crippen molar-refractivity contribution in [3.63, 3.8) is 0 Å². The number of rotatable bonds is 6. The Morgan fingerprint density at radius 3 is 2.52 bits per heavy atom. The zero-order valence-corrected chi connectivity index (χ0v) is 12.4. The van der Waals surface area contributed by atoms with E-state index < -0.39 is 4.92 Å². The predicted octanol–water partition coefficient (Wildman–Crippen LogP) is 2.04. The molecule has 0 saturated heterocycles. The summed E-state index contributed by atoms with van der Waals surface area (Å²) in [6.45, 7) is 0.691. The Morgan fingerprint density at radius 2 is 2.05 bits per heavy atom. The number of anilines is 1.